The van der Waals surface area contributed by atoms with E-state index in [1.165, 1.54) is 11.1 Å². The Labute approximate surface area is 120 Å². The fraction of sp³-hybridized carbons (Fsp3) is 0.294. The first kappa shape index (κ1) is 14.3. The Morgan fingerprint density at radius 3 is 2.80 bits per heavy atom. The van der Waals surface area contributed by atoms with Gasteiger partial charge in [-0.05, 0) is 37.5 Å². The van der Waals surface area contributed by atoms with Gasteiger partial charge in [-0.3, -0.25) is 9.78 Å². The standard InChI is InChI=1S/C17H20N2O/c1-14-5-4-6-15(13-14)10-12-19-17(20)9-8-16-7-2-3-11-18-16/h2-7,11,13H,8-10,12H2,1H3,(H,19,20). The maximum atomic E-state index is 11.7. The van der Waals surface area contributed by atoms with Crippen molar-refractivity contribution in [2.24, 2.45) is 0 Å². The van der Waals surface area contributed by atoms with Crippen LogP contribution in [0.3, 0.4) is 0 Å². The van der Waals surface area contributed by atoms with Crippen LogP contribution in [0, 0.1) is 6.92 Å². The van der Waals surface area contributed by atoms with Crippen LogP contribution >= 0.6 is 0 Å². The third-order valence-electron chi connectivity index (χ3n) is 3.15. The lowest BCUT2D eigenvalue weighted by Crippen LogP contribution is -2.25. The molecule has 0 aliphatic rings. The highest BCUT2D eigenvalue weighted by Crippen LogP contribution is 2.04. The van der Waals surface area contributed by atoms with Gasteiger partial charge in [0.2, 0.25) is 5.91 Å². The molecule has 0 spiro atoms. The summed E-state index contributed by atoms with van der Waals surface area (Å²) < 4.78 is 0. The Kier molecular flexibility index (Phi) is 5.30. The molecule has 0 bridgehead atoms. The molecular formula is C17H20N2O. The largest absolute Gasteiger partial charge is 0.356 e. The maximum absolute atomic E-state index is 11.7. The van der Waals surface area contributed by atoms with Crippen molar-refractivity contribution >= 4 is 5.91 Å². The lowest BCUT2D eigenvalue weighted by Gasteiger charge is -2.06. The van der Waals surface area contributed by atoms with Crippen molar-refractivity contribution < 1.29 is 4.79 Å². The van der Waals surface area contributed by atoms with E-state index in [9.17, 15) is 4.79 Å². The molecule has 0 saturated heterocycles. The molecule has 1 N–H and O–H groups in total. The fourth-order valence-electron chi connectivity index (χ4n) is 2.09. The van der Waals surface area contributed by atoms with Crippen LogP contribution in [-0.2, 0) is 17.6 Å². The summed E-state index contributed by atoms with van der Waals surface area (Å²) in [4.78, 5) is 15.9. The van der Waals surface area contributed by atoms with Crippen LogP contribution in [0.2, 0.25) is 0 Å². The van der Waals surface area contributed by atoms with Crippen LogP contribution in [0.15, 0.2) is 48.7 Å². The molecule has 0 aliphatic heterocycles. The zero-order chi connectivity index (χ0) is 14.2. The van der Waals surface area contributed by atoms with Gasteiger partial charge in [-0.2, -0.15) is 0 Å². The number of pyridine rings is 1. The van der Waals surface area contributed by atoms with Crippen LogP contribution in [0.5, 0.6) is 0 Å². The lowest BCUT2D eigenvalue weighted by atomic mass is 10.1. The van der Waals surface area contributed by atoms with Gasteiger partial charge < -0.3 is 5.32 Å². The molecule has 20 heavy (non-hydrogen) atoms. The molecule has 2 aromatic rings. The Hall–Kier alpha value is -2.16. The van der Waals surface area contributed by atoms with E-state index in [0.29, 0.717) is 19.4 Å². The Balaban J connectivity index is 1.68. The summed E-state index contributed by atoms with van der Waals surface area (Å²) in [6, 6.07) is 14.1. The number of nitrogens with zero attached hydrogens (tertiary/aromatic N) is 1. The van der Waals surface area contributed by atoms with Crippen LogP contribution in [-0.4, -0.2) is 17.4 Å². The van der Waals surface area contributed by atoms with Gasteiger partial charge in [-0.15, -0.1) is 0 Å². The van der Waals surface area contributed by atoms with Crippen molar-refractivity contribution in [2.45, 2.75) is 26.2 Å². The van der Waals surface area contributed by atoms with Crippen molar-refractivity contribution in [1.82, 2.24) is 10.3 Å². The average molecular weight is 268 g/mol. The van der Waals surface area contributed by atoms with Crippen molar-refractivity contribution in [3.63, 3.8) is 0 Å². The van der Waals surface area contributed by atoms with Crippen LogP contribution < -0.4 is 5.32 Å². The lowest BCUT2D eigenvalue weighted by molar-refractivity contribution is -0.121. The number of amides is 1. The van der Waals surface area contributed by atoms with Crippen LogP contribution in [0.25, 0.3) is 0 Å². The quantitative estimate of drug-likeness (QED) is 0.875. The first-order chi connectivity index (χ1) is 9.74. The SMILES string of the molecule is Cc1cccc(CCNC(=O)CCc2ccccn2)c1. The van der Waals surface area contributed by atoms with Crippen molar-refractivity contribution in [2.75, 3.05) is 6.54 Å². The number of carbonyl (C=O) groups excluding carboxylic acids is 1. The molecule has 1 heterocycles. The van der Waals surface area contributed by atoms with E-state index in [4.69, 9.17) is 0 Å². The molecule has 3 nitrogen and oxygen atoms in total. The van der Waals surface area contributed by atoms with Crippen molar-refractivity contribution in [3.8, 4) is 0 Å². The van der Waals surface area contributed by atoms with Gasteiger partial charge in [-0.25, -0.2) is 0 Å². The second kappa shape index (κ2) is 7.43. The summed E-state index contributed by atoms with van der Waals surface area (Å²) >= 11 is 0. The molecular weight excluding hydrogens is 248 g/mol. The highest BCUT2D eigenvalue weighted by atomic mass is 16.1. The molecule has 0 radical (unpaired) electrons. The first-order valence-electron chi connectivity index (χ1n) is 6.96. The molecule has 2 rings (SSSR count). The third-order valence-corrected chi connectivity index (χ3v) is 3.15. The predicted octanol–water partition coefficient (Wildman–Crippen LogP) is 2.68. The third kappa shape index (κ3) is 4.84. The number of hydrogen-bond donors (Lipinski definition) is 1. The molecule has 1 aromatic carbocycles. The van der Waals surface area contributed by atoms with Gasteiger partial charge >= 0.3 is 0 Å². The zero-order valence-electron chi connectivity index (χ0n) is 11.8. The monoisotopic (exact) mass is 268 g/mol. The van der Waals surface area contributed by atoms with E-state index in [2.05, 4.69) is 35.4 Å². The van der Waals surface area contributed by atoms with E-state index >= 15 is 0 Å². The van der Waals surface area contributed by atoms with E-state index < -0.39 is 0 Å². The molecule has 1 aromatic heterocycles. The number of benzene rings is 1. The molecule has 0 saturated carbocycles. The van der Waals surface area contributed by atoms with Gasteiger partial charge in [0.25, 0.3) is 0 Å². The van der Waals surface area contributed by atoms with Gasteiger partial charge in [0, 0.05) is 24.9 Å². The number of aryl methyl sites for hydroxylation is 2. The number of aromatic nitrogens is 1. The number of nitrogens with one attached hydrogen (secondary N) is 1. The molecule has 1 amide bonds. The summed E-state index contributed by atoms with van der Waals surface area (Å²) in [6.07, 6.45) is 3.81. The number of hydrogen-bond acceptors (Lipinski definition) is 2. The van der Waals surface area contributed by atoms with Crippen molar-refractivity contribution in [1.29, 1.82) is 0 Å². The van der Waals surface area contributed by atoms with Crippen LogP contribution in [0.1, 0.15) is 23.2 Å². The van der Waals surface area contributed by atoms with Gasteiger partial charge in [-0.1, -0.05) is 35.9 Å². The van der Waals surface area contributed by atoms with Crippen LogP contribution in [0.4, 0.5) is 0 Å². The molecule has 0 atom stereocenters. The Bertz CT molecular complexity index is 552. The van der Waals surface area contributed by atoms with E-state index in [0.717, 1.165) is 12.1 Å². The Morgan fingerprint density at radius 1 is 1.15 bits per heavy atom. The second-order valence-electron chi connectivity index (χ2n) is 4.91. The number of carbonyl (C=O) groups is 1. The summed E-state index contributed by atoms with van der Waals surface area (Å²) in [5, 5.41) is 2.95. The minimum absolute atomic E-state index is 0.0864. The summed E-state index contributed by atoms with van der Waals surface area (Å²) in [5.74, 6) is 0.0864. The summed E-state index contributed by atoms with van der Waals surface area (Å²) in [7, 11) is 0. The van der Waals surface area contributed by atoms with E-state index in [-0.39, 0.29) is 5.91 Å². The fourth-order valence-corrected chi connectivity index (χ4v) is 2.09. The average Bonchev–Trinajstić information content (AvgIpc) is 2.46. The minimum Gasteiger partial charge on any atom is -0.356 e. The second-order valence-corrected chi connectivity index (χ2v) is 4.91. The minimum atomic E-state index is 0.0864. The molecule has 104 valence electrons. The van der Waals surface area contributed by atoms with Gasteiger partial charge in [0.05, 0.1) is 0 Å². The number of rotatable bonds is 6. The normalized spacial score (nSPS) is 10.2. The molecule has 0 fully saturated rings. The maximum Gasteiger partial charge on any atom is 0.220 e. The zero-order valence-corrected chi connectivity index (χ0v) is 11.8. The topological polar surface area (TPSA) is 42.0 Å². The van der Waals surface area contributed by atoms with Gasteiger partial charge in [0.15, 0.2) is 0 Å². The highest BCUT2D eigenvalue weighted by Gasteiger charge is 2.02. The highest BCUT2D eigenvalue weighted by molar-refractivity contribution is 5.76. The van der Waals surface area contributed by atoms with E-state index in [1.807, 2.05) is 24.3 Å². The van der Waals surface area contributed by atoms with Crippen molar-refractivity contribution in [3.05, 3.63) is 65.5 Å². The predicted molar refractivity (Wildman–Crippen MR) is 80.5 cm³/mol. The summed E-state index contributed by atoms with van der Waals surface area (Å²) in [5.41, 5.74) is 3.47. The van der Waals surface area contributed by atoms with E-state index in [1.54, 1.807) is 6.20 Å². The smallest absolute Gasteiger partial charge is 0.220 e. The first-order valence-corrected chi connectivity index (χ1v) is 6.96. The molecule has 0 unspecified atom stereocenters. The summed E-state index contributed by atoms with van der Waals surface area (Å²) in [6.45, 7) is 2.76. The Morgan fingerprint density at radius 2 is 2.05 bits per heavy atom. The molecule has 0 aliphatic carbocycles. The molecule has 3 heteroatoms. The van der Waals surface area contributed by atoms with Gasteiger partial charge in [0.1, 0.15) is 0 Å².